The van der Waals surface area contributed by atoms with Crippen molar-refractivity contribution in [3.63, 3.8) is 0 Å². The number of nitrogens with one attached hydrogen (secondary N) is 2. The fourth-order valence-electron chi connectivity index (χ4n) is 2.80. The molecule has 25 heavy (non-hydrogen) atoms. The Bertz CT molecular complexity index is 835. The average molecular weight is 333 g/mol. The number of hydrogen-bond donors (Lipinski definition) is 3. The van der Waals surface area contributed by atoms with Gasteiger partial charge in [-0.2, -0.15) is 0 Å². The minimum atomic E-state index is -0.206. The van der Waals surface area contributed by atoms with Gasteiger partial charge in [0.15, 0.2) is 5.82 Å². The number of nitrogens with zero attached hydrogens (tertiary/aromatic N) is 3. The minimum Gasteiger partial charge on any atom is -0.393 e. The second kappa shape index (κ2) is 6.86. The van der Waals surface area contributed by atoms with Crippen molar-refractivity contribution in [3.8, 4) is 11.4 Å². The fraction of sp³-hybridized carbons (Fsp3) is 0.211. The van der Waals surface area contributed by atoms with Gasteiger partial charge in [0, 0.05) is 35.8 Å². The van der Waals surface area contributed by atoms with Crippen molar-refractivity contribution < 1.29 is 5.11 Å². The van der Waals surface area contributed by atoms with Crippen LogP contribution in [0.3, 0.4) is 0 Å². The monoisotopic (exact) mass is 333 g/mol. The molecule has 3 aromatic rings. The van der Waals surface area contributed by atoms with Gasteiger partial charge in [-0.25, -0.2) is 9.97 Å². The van der Waals surface area contributed by atoms with Gasteiger partial charge in [0.25, 0.3) is 0 Å². The van der Waals surface area contributed by atoms with Crippen molar-refractivity contribution in [1.82, 2.24) is 15.0 Å². The first-order valence-electron chi connectivity index (χ1n) is 8.32. The zero-order valence-electron chi connectivity index (χ0n) is 13.6. The Hall–Kier alpha value is -2.99. The molecule has 0 bridgehead atoms. The molecule has 0 aliphatic heterocycles. The summed E-state index contributed by atoms with van der Waals surface area (Å²) in [6, 6.07) is 15.8. The van der Waals surface area contributed by atoms with Gasteiger partial charge in [-0.15, -0.1) is 0 Å². The summed E-state index contributed by atoms with van der Waals surface area (Å²) in [6.07, 6.45) is 4.75. The molecule has 1 aliphatic carbocycles. The Morgan fingerprint density at radius 2 is 1.64 bits per heavy atom. The second-order valence-corrected chi connectivity index (χ2v) is 6.16. The van der Waals surface area contributed by atoms with E-state index in [1.54, 1.807) is 12.4 Å². The molecule has 1 aliphatic rings. The van der Waals surface area contributed by atoms with Crippen LogP contribution < -0.4 is 10.6 Å². The van der Waals surface area contributed by atoms with E-state index in [2.05, 4.69) is 25.6 Å². The highest BCUT2D eigenvalue weighted by Crippen LogP contribution is 2.27. The van der Waals surface area contributed by atoms with E-state index in [1.165, 1.54) is 0 Å². The van der Waals surface area contributed by atoms with E-state index in [-0.39, 0.29) is 12.1 Å². The summed E-state index contributed by atoms with van der Waals surface area (Å²) < 4.78 is 0. The zero-order valence-corrected chi connectivity index (χ0v) is 13.6. The summed E-state index contributed by atoms with van der Waals surface area (Å²) in [4.78, 5) is 13.3. The van der Waals surface area contributed by atoms with Gasteiger partial charge < -0.3 is 15.7 Å². The van der Waals surface area contributed by atoms with Crippen LogP contribution in [0.1, 0.15) is 12.8 Å². The van der Waals surface area contributed by atoms with Crippen molar-refractivity contribution in [1.29, 1.82) is 0 Å². The fourth-order valence-corrected chi connectivity index (χ4v) is 2.80. The highest BCUT2D eigenvalue weighted by Gasteiger charge is 2.27. The van der Waals surface area contributed by atoms with Crippen LogP contribution >= 0.6 is 0 Å². The first-order chi connectivity index (χ1) is 12.3. The lowest BCUT2D eigenvalue weighted by Crippen LogP contribution is -2.39. The molecule has 0 unspecified atom stereocenters. The maximum Gasteiger partial charge on any atom is 0.163 e. The molecule has 0 atom stereocenters. The Balaban J connectivity index is 1.64. The molecular formula is C19H19N5O. The number of aromatic nitrogens is 3. The molecule has 2 aromatic heterocycles. The van der Waals surface area contributed by atoms with Gasteiger partial charge in [-0.1, -0.05) is 30.3 Å². The SMILES string of the molecule is OC1CC(Nc2cc(Nc3ccncc3)nc(-c3ccccc3)n2)C1. The number of anilines is 3. The molecule has 6 heteroatoms. The number of aliphatic hydroxyl groups excluding tert-OH is 1. The zero-order chi connectivity index (χ0) is 17.1. The van der Waals surface area contributed by atoms with Crippen molar-refractivity contribution in [2.45, 2.75) is 25.0 Å². The van der Waals surface area contributed by atoms with E-state index < -0.39 is 0 Å². The van der Waals surface area contributed by atoms with E-state index in [9.17, 15) is 5.11 Å². The minimum absolute atomic E-state index is 0.206. The number of benzene rings is 1. The Morgan fingerprint density at radius 3 is 2.36 bits per heavy atom. The summed E-state index contributed by atoms with van der Waals surface area (Å²) >= 11 is 0. The molecule has 0 saturated heterocycles. The number of rotatable bonds is 5. The van der Waals surface area contributed by atoms with E-state index in [0.29, 0.717) is 11.6 Å². The summed E-state index contributed by atoms with van der Waals surface area (Å²) in [7, 11) is 0. The lowest BCUT2D eigenvalue weighted by atomic mass is 9.89. The third kappa shape index (κ3) is 3.75. The molecule has 6 nitrogen and oxygen atoms in total. The molecule has 3 N–H and O–H groups in total. The standard InChI is InChI=1S/C19H19N5O/c25-16-10-15(11-16)22-18-12-17(21-14-6-8-20-9-7-14)23-19(24-18)13-4-2-1-3-5-13/h1-9,12,15-16,25H,10-11H2,(H2,20,21,22,23,24). The predicted molar refractivity (Wildman–Crippen MR) is 97.6 cm³/mol. The van der Waals surface area contributed by atoms with Crippen molar-refractivity contribution >= 4 is 17.3 Å². The molecule has 0 radical (unpaired) electrons. The number of pyridine rings is 1. The maximum atomic E-state index is 9.49. The smallest absolute Gasteiger partial charge is 0.163 e. The largest absolute Gasteiger partial charge is 0.393 e. The summed E-state index contributed by atoms with van der Waals surface area (Å²) in [6.45, 7) is 0. The Kier molecular flexibility index (Phi) is 4.26. The predicted octanol–water partition coefficient (Wildman–Crippen LogP) is 3.22. The molecule has 1 fully saturated rings. The van der Waals surface area contributed by atoms with Gasteiger partial charge >= 0.3 is 0 Å². The molecule has 0 spiro atoms. The van der Waals surface area contributed by atoms with Crippen LogP contribution in [0.15, 0.2) is 60.9 Å². The van der Waals surface area contributed by atoms with Crippen LogP contribution in [0.25, 0.3) is 11.4 Å². The molecular weight excluding hydrogens is 314 g/mol. The first kappa shape index (κ1) is 15.5. The van der Waals surface area contributed by atoms with E-state index in [4.69, 9.17) is 0 Å². The molecule has 4 rings (SSSR count). The van der Waals surface area contributed by atoms with Crippen LogP contribution in [0.2, 0.25) is 0 Å². The highest BCUT2D eigenvalue weighted by molar-refractivity contribution is 5.65. The van der Waals surface area contributed by atoms with Crippen LogP contribution in [0, 0.1) is 0 Å². The van der Waals surface area contributed by atoms with Gasteiger partial charge in [-0.3, -0.25) is 4.98 Å². The van der Waals surface area contributed by atoms with Crippen LogP contribution in [-0.2, 0) is 0 Å². The van der Waals surface area contributed by atoms with Gasteiger partial charge in [0.1, 0.15) is 11.6 Å². The molecule has 2 heterocycles. The highest BCUT2D eigenvalue weighted by atomic mass is 16.3. The topological polar surface area (TPSA) is 83.0 Å². The number of aliphatic hydroxyl groups is 1. The van der Waals surface area contributed by atoms with Crippen LogP contribution in [0.5, 0.6) is 0 Å². The summed E-state index contributed by atoms with van der Waals surface area (Å²) in [5, 5.41) is 16.2. The van der Waals surface area contributed by atoms with Crippen LogP contribution in [0.4, 0.5) is 17.3 Å². The molecule has 1 aromatic carbocycles. The Labute approximate surface area is 146 Å². The van der Waals surface area contributed by atoms with Gasteiger partial charge in [0.2, 0.25) is 0 Å². The van der Waals surface area contributed by atoms with Crippen molar-refractivity contribution in [3.05, 3.63) is 60.9 Å². The van der Waals surface area contributed by atoms with E-state index in [0.717, 1.165) is 29.9 Å². The number of hydrogen-bond acceptors (Lipinski definition) is 6. The second-order valence-electron chi connectivity index (χ2n) is 6.16. The Morgan fingerprint density at radius 1 is 0.920 bits per heavy atom. The first-order valence-corrected chi connectivity index (χ1v) is 8.32. The van der Waals surface area contributed by atoms with Crippen molar-refractivity contribution in [2.75, 3.05) is 10.6 Å². The molecule has 0 amide bonds. The van der Waals surface area contributed by atoms with E-state index >= 15 is 0 Å². The van der Waals surface area contributed by atoms with Gasteiger partial charge in [-0.05, 0) is 25.0 Å². The summed E-state index contributed by atoms with van der Waals surface area (Å²) in [5.74, 6) is 2.12. The lowest BCUT2D eigenvalue weighted by Gasteiger charge is -2.32. The normalized spacial score (nSPS) is 19.1. The summed E-state index contributed by atoms with van der Waals surface area (Å²) in [5.41, 5.74) is 1.87. The van der Waals surface area contributed by atoms with Gasteiger partial charge in [0.05, 0.1) is 6.10 Å². The molecule has 126 valence electrons. The quantitative estimate of drug-likeness (QED) is 0.665. The lowest BCUT2D eigenvalue weighted by molar-refractivity contribution is 0.0835. The van der Waals surface area contributed by atoms with E-state index in [1.807, 2.05) is 48.5 Å². The van der Waals surface area contributed by atoms with Crippen molar-refractivity contribution in [2.24, 2.45) is 0 Å². The average Bonchev–Trinajstić information content (AvgIpc) is 2.62. The maximum absolute atomic E-state index is 9.49. The molecule has 1 saturated carbocycles. The van der Waals surface area contributed by atoms with Crippen LogP contribution in [-0.4, -0.2) is 32.2 Å². The third-order valence-corrected chi connectivity index (χ3v) is 4.18. The third-order valence-electron chi connectivity index (χ3n) is 4.18.